The Bertz CT molecular complexity index is 628. The molecule has 8 heteroatoms. The summed E-state index contributed by atoms with van der Waals surface area (Å²) in [5.74, 6) is -1.54. The molecule has 0 saturated carbocycles. The van der Waals surface area contributed by atoms with Crippen LogP contribution in [0.15, 0.2) is 12.2 Å². The number of anilines is 1. The lowest BCUT2D eigenvalue weighted by Gasteiger charge is -2.14. The van der Waals surface area contributed by atoms with Crippen molar-refractivity contribution in [2.45, 2.75) is 26.2 Å². The third-order valence-electron chi connectivity index (χ3n) is 3.92. The van der Waals surface area contributed by atoms with Crippen molar-refractivity contribution in [3.05, 3.63) is 17.2 Å². The minimum atomic E-state index is -0.424. The van der Waals surface area contributed by atoms with Crippen molar-refractivity contribution >= 4 is 34.2 Å². The Morgan fingerprint density at radius 2 is 1.91 bits per heavy atom. The molecule has 116 valence electrons. The van der Waals surface area contributed by atoms with Crippen molar-refractivity contribution in [3.63, 3.8) is 0 Å². The molecule has 1 fully saturated rings. The predicted octanol–water partition coefficient (Wildman–Crippen LogP) is 0.990. The van der Waals surface area contributed by atoms with E-state index in [1.54, 1.807) is 0 Å². The summed E-state index contributed by atoms with van der Waals surface area (Å²) in [7, 11) is 0. The molecule has 1 aliphatic heterocycles. The molecule has 0 radical (unpaired) electrons. The molecule has 1 aromatic heterocycles. The number of nitrogens with zero attached hydrogens (tertiary/aromatic N) is 3. The first-order valence-electron chi connectivity index (χ1n) is 7.22. The standard InChI is InChI=1S/C14H16N4O3S/c1-2-11-16-17-14(22-11)15-10(19)7-18-12(20)8-5-3-4-6-9(8)13(18)21/h3-4,8-9H,2,5-7H2,1H3,(H,15,17,19)/t8-,9+. The van der Waals surface area contributed by atoms with Gasteiger partial charge in [0.05, 0.1) is 11.8 Å². The predicted molar refractivity (Wildman–Crippen MR) is 80.0 cm³/mol. The summed E-state index contributed by atoms with van der Waals surface area (Å²) in [6, 6.07) is 0. The zero-order chi connectivity index (χ0) is 15.7. The van der Waals surface area contributed by atoms with Crippen LogP contribution in [0.5, 0.6) is 0 Å². The van der Waals surface area contributed by atoms with Crippen molar-refractivity contribution in [1.29, 1.82) is 0 Å². The van der Waals surface area contributed by atoms with Gasteiger partial charge in [-0.1, -0.05) is 30.4 Å². The molecular weight excluding hydrogens is 304 g/mol. The maximum Gasteiger partial charge on any atom is 0.246 e. The van der Waals surface area contributed by atoms with E-state index in [9.17, 15) is 14.4 Å². The number of carbonyl (C=O) groups excluding carboxylic acids is 3. The second kappa shape index (κ2) is 5.96. The number of fused-ring (bicyclic) bond motifs is 1. The Hall–Kier alpha value is -2.09. The minimum Gasteiger partial charge on any atom is -0.299 e. The Labute approximate surface area is 131 Å². The van der Waals surface area contributed by atoms with Crippen LogP contribution in [-0.4, -0.2) is 39.4 Å². The van der Waals surface area contributed by atoms with Gasteiger partial charge in [-0.15, -0.1) is 10.2 Å². The number of carbonyl (C=O) groups is 3. The van der Waals surface area contributed by atoms with Crippen molar-refractivity contribution in [2.75, 3.05) is 11.9 Å². The molecule has 1 saturated heterocycles. The zero-order valence-corrected chi connectivity index (χ0v) is 12.9. The van der Waals surface area contributed by atoms with Crippen molar-refractivity contribution < 1.29 is 14.4 Å². The molecule has 1 aromatic rings. The highest BCUT2D eigenvalue weighted by atomic mass is 32.1. The van der Waals surface area contributed by atoms with E-state index in [1.807, 2.05) is 19.1 Å². The van der Waals surface area contributed by atoms with Crippen LogP contribution in [0.25, 0.3) is 0 Å². The average Bonchev–Trinajstić information content (AvgIpc) is 3.06. The lowest BCUT2D eigenvalue weighted by Crippen LogP contribution is -2.38. The fraction of sp³-hybridized carbons (Fsp3) is 0.500. The van der Waals surface area contributed by atoms with E-state index in [-0.39, 0.29) is 30.2 Å². The van der Waals surface area contributed by atoms with E-state index in [2.05, 4.69) is 15.5 Å². The van der Waals surface area contributed by atoms with Gasteiger partial charge in [0.2, 0.25) is 22.9 Å². The third-order valence-corrected chi connectivity index (χ3v) is 4.90. The van der Waals surface area contributed by atoms with Crippen molar-refractivity contribution in [2.24, 2.45) is 11.8 Å². The first-order valence-corrected chi connectivity index (χ1v) is 8.04. The Morgan fingerprint density at radius 3 is 2.45 bits per heavy atom. The van der Waals surface area contributed by atoms with Gasteiger partial charge in [-0.3, -0.25) is 24.6 Å². The molecule has 22 heavy (non-hydrogen) atoms. The van der Waals surface area contributed by atoms with Crippen LogP contribution in [-0.2, 0) is 20.8 Å². The largest absolute Gasteiger partial charge is 0.299 e. The molecule has 3 amide bonds. The first-order chi connectivity index (χ1) is 10.6. The van der Waals surface area contributed by atoms with Gasteiger partial charge in [-0.05, 0) is 19.3 Å². The lowest BCUT2D eigenvalue weighted by atomic mass is 9.85. The minimum absolute atomic E-state index is 0.249. The summed E-state index contributed by atoms with van der Waals surface area (Å²) in [4.78, 5) is 37.6. The quantitative estimate of drug-likeness (QED) is 0.660. The number of likely N-dealkylation sites (tertiary alicyclic amines) is 1. The molecule has 2 heterocycles. The molecular formula is C14H16N4O3S. The number of allylic oxidation sites excluding steroid dienone is 2. The van der Waals surface area contributed by atoms with Crippen LogP contribution >= 0.6 is 11.3 Å². The maximum absolute atomic E-state index is 12.3. The number of nitrogens with one attached hydrogen (secondary N) is 1. The first kappa shape index (κ1) is 14.8. The molecule has 7 nitrogen and oxygen atoms in total. The molecule has 3 rings (SSSR count). The number of aryl methyl sites for hydroxylation is 1. The second-order valence-corrected chi connectivity index (χ2v) is 6.38. The van der Waals surface area contributed by atoms with E-state index in [1.165, 1.54) is 11.3 Å². The van der Waals surface area contributed by atoms with Crippen LogP contribution in [0.3, 0.4) is 0 Å². The number of hydrogen-bond donors (Lipinski definition) is 1. The van der Waals surface area contributed by atoms with E-state index < -0.39 is 5.91 Å². The topological polar surface area (TPSA) is 92.3 Å². The number of aromatic nitrogens is 2. The summed E-state index contributed by atoms with van der Waals surface area (Å²) in [6.07, 6.45) is 5.73. The molecule has 0 spiro atoms. The van der Waals surface area contributed by atoms with Gasteiger partial charge in [0.15, 0.2) is 0 Å². The molecule has 1 N–H and O–H groups in total. The summed E-state index contributed by atoms with van der Waals surface area (Å²) in [6.45, 7) is 1.69. The number of imide groups is 1. The fourth-order valence-corrected chi connectivity index (χ4v) is 3.47. The monoisotopic (exact) mass is 320 g/mol. The summed E-state index contributed by atoms with van der Waals surface area (Å²) >= 11 is 1.29. The second-order valence-electron chi connectivity index (χ2n) is 5.32. The summed E-state index contributed by atoms with van der Waals surface area (Å²) in [5.41, 5.74) is 0. The van der Waals surface area contributed by atoms with E-state index in [4.69, 9.17) is 0 Å². The molecule has 0 aromatic carbocycles. The Kier molecular flexibility index (Phi) is 4.02. The van der Waals surface area contributed by atoms with Crippen LogP contribution in [0, 0.1) is 11.8 Å². The molecule has 1 aliphatic carbocycles. The Morgan fingerprint density at radius 1 is 1.27 bits per heavy atom. The highest BCUT2D eigenvalue weighted by Gasteiger charge is 2.47. The van der Waals surface area contributed by atoms with Gasteiger partial charge < -0.3 is 0 Å². The van der Waals surface area contributed by atoms with Crippen LogP contribution < -0.4 is 5.32 Å². The van der Waals surface area contributed by atoms with Gasteiger partial charge in [0.25, 0.3) is 0 Å². The van der Waals surface area contributed by atoms with Crippen LogP contribution in [0.4, 0.5) is 5.13 Å². The van der Waals surface area contributed by atoms with Gasteiger partial charge in [-0.2, -0.15) is 0 Å². The maximum atomic E-state index is 12.3. The highest BCUT2D eigenvalue weighted by Crippen LogP contribution is 2.34. The normalized spacial score (nSPS) is 23.8. The summed E-state index contributed by atoms with van der Waals surface area (Å²) in [5, 5.41) is 11.6. The smallest absolute Gasteiger partial charge is 0.246 e. The van der Waals surface area contributed by atoms with Gasteiger partial charge in [0, 0.05) is 0 Å². The molecule has 2 aliphatic rings. The zero-order valence-electron chi connectivity index (χ0n) is 12.1. The highest BCUT2D eigenvalue weighted by molar-refractivity contribution is 7.15. The SMILES string of the molecule is CCc1nnc(NC(=O)CN2C(=O)[C@H]3CC=CC[C@H]3C2=O)s1. The number of amides is 3. The van der Waals surface area contributed by atoms with Gasteiger partial charge in [0.1, 0.15) is 11.6 Å². The van der Waals surface area contributed by atoms with Crippen molar-refractivity contribution in [3.8, 4) is 0 Å². The van der Waals surface area contributed by atoms with E-state index >= 15 is 0 Å². The lowest BCUT2D eigenvalue weighted by molar-refractivity contribution is -0.142. The van der Waals surface area contributed by atoms with E-state index in [0.717, 1.165) is 16.3 Å². The van der Waals surface area contributed by atoms with Crippen LogP contribution in [0.2, 0.25) is 0 Å². The van der Waals surface area contributed by atoms with Gasteiger partial charge >= 0.3 is 0 Å². The number of hydrogen-bond acceptors (Lipinski definition) is 6. The molecule has 0 bridgehead atoms. The van der Waals surface area contributed by atoms with E-state index in [0.29, 0.717) is 18.0 Å². The Balaban J connectivity index is 1.64. The van der Waals surface area contributed by atoms with Crippen molar-refractivity contribution in [1.82, 2.24) is 15.1 Å². The molecule has 0 unspecified atom stereocenters. The fourth-order valence-electron chi connectivity index (χ4n) is 2.77. The van der Waals surface area contributed by atoms with Crippen LogP contribution in [0.1, 0.15) is 24.8 Å². The summed E-state index contributed by atoms with van der Waals surface area (Å²) < 4.78 is 0. The van der Waals surface area contributed by atoms with Gasteiger partial charge in [-0.25, -0.2) is 0 Å². The molecule has 2 atom stereocenters. The third kappa shape index (κ3) is 2.66. The average molecular weight is 320 g/mol. The number of rotatable bonds is 4.